The lowest BCUT2D eigenvalue weighted by molar-refractivity contribution is -0.138. The van der Waals surface area contributed by atoms with Gasteiger partial charge in [-0.3, -0.25) is 9.59 Å². The molecule has 3 rings (SSSR count). The number of carbonyl (C=O) groups excluding carboxylic acids is 2. The summed E-state index contributed by atoms with van der Waals surface area (Å²) in [5.74, 6) is -1.40. The fourth-order valence-corrected chi connectivity index (χ4v) is 3.09. The van der Waals surface area contributed by atoms with Crippen LogP contribution in [0.15, 0.2) is 47.0 Å². The van der Waals surface area contributed by atoms with Gasteiger partial charge in [-0.05, 0) is 50.2 Å². The maximum Gasteiger partial charge on any atom is 0.416 e. The van der Waals surface area contributed by atoms with Gasteiger partial charge in [0.15, 0.2) is 0 Å². The number of aromatic nitrogens is 1. The Morgan fingerprint density at radius 1 is 0.882 bits per heavy atom. The van der Waals surface area contributed by atoms with E-state index in [1.54, 1.807) is 13.8 Å². The highest BCUT2D eigenvalue weighted by Crippen LogP contribution is 2.33. The Hall–Kier alpha value is -3.83. The standard InChI is InChI=1S/C22H17F6N3O3/c1-11-18(12(2)34-31-11)10-19(32)29-17-7-13(6-15(9-17)22(26,27)28)20(33)30-16-5-3-4-14(8-16)21(23,24)25/h3-9H,10H2,1-2H3,(H,29,32)(H,30,33). The Bertz CT molecular complexity index is 1210. The maximum atomic E-state index is 13.4. The summed E-state index contributed by atoms with van der Waals surface area (Å²) in [7, 11) is 0. The first-order valence-corrected chi connectivity index (χ1v) is 9.66. The molecule has 0 aliphatic rings. The van der Waals surface area contributed by atoms with Crippen LogP contribution in [-0.4, -0.2) is 17.0 Å². The van der Waals surface area contributed by atoms with Crippen LogP contribution in [0.3, 0.4) is 0 Å². The molecule has 180 valence electrons. The van der Waals surface area contributed by atoms with Gasteiger partial charge >= 0.3 is 12.4 Å². The zero-order valence-electron chi connectivity index (χ0n) is 17.7. The molecule has 12 heteroatoms. The number of alkyl halides is 6. The lowest BCUT2D eigenvalue weighted by Crippen LogP contribution is -2.18. The van der Waals surface area contributed by atoms with Crippen LogP contribution < -0.4 is 10.6 Å². The molecule has 0 fully saturated rings. The van der Waals surface area contributed by atoms with E-state index >= 15 is 0 Å². The summed E-state index contributed by atoms with van der Waals surface area (Å²) < 4.78 is 83.7. The Labute approximate surface area is 188 Å². The maximum absolute atomic E-state index is 13.4. The molecular formula is C22H17F6N3O3. The molecule has 0 spiro atoms. The zero-order chi connectivity index (χ0) is 25.3. The number of amides is 2. The molecule has 6 nitrogen and oxygen atoms in total. The highest BCUT2D eigenvalue weighted by atomic mass is 19.4. The number of hydrogen-bond donors (Lipinski definition) is 2. The van der Waals surface area contributed by atoms with Gasteiger partial charge in [-0.1, -0.05) is 11.2 Å². The second-order valence-electron chi connectivity index (χ2n) is 7.36. The number of hydrogen-bond acceptors (Lipinski definition) is 4. The third-order valence-corrected chi connectivity index (χ3v) is 4.77. The van der Waals surface area contributed by atoms with Gasteiger partial charge in [0, 0.05) is 22.5 Å². The van der Waals surface area contributed by atoms with Crippen LogP contribution in [0.1, 0.15) is 38.5 Å². The molecular weight excluding hydrogens is 468 g/mol. The predicted octanol–water partition coefficient (Wildman–Crippen LogP) is 5.76. The van der Waals surface area contributed by atoms with Crippen molar-refractivity contribution in [2.24, 2.45) is 0 Å². The summed E-state index contributed by atoms with van der Waals surface area (Å²) in [6.45, 7) is 3.17. The third-order valence-electron chi connectivity index (χ3n) is 4.77. The van der Waals surface area contributed by atoms with E-state index in [0.29, 0.717) is 35.2 Å². The lowest BCUT2D eigenvalue weighted by Gasteiger charge is -2.14. The molecule has 0 bridgehead atoms. The number of carbonyl (C=O) groups is 2. The summed E-state index contributed by atoms with van der Waals surface area (Å²) in [5.41, 5.74) is -2.45. The Kier molecular flexibility index (Phi) is 6.71. The highest BCUT2D eigenvalue weighted by molar-refractivity contribution is 6.05. The molecule has 2 amide bonds. The number of rotatable bonds is 5. The van der Waals surface area contributed by atoms with Crippen LogP contribution in [0.4, 0.5) is 37.7 Å². The van der Waals surface area contributed by atoms with Crippen LogP contribution in [0.5, 0.6) is 0 Å². The van der Waals surface area contributed by atoms with Crippen LogP contribution >= 0.6 is 0 Å². The van der Waals surface area contributed by atoms with Crippen molar-refractivity contribution in [2.75, 3.05) is 10.6 Å². The highest BCUT2D eigenvalue weighted by Gasteiger charge is 2.33. The van der Waals surface area contributed by atoms with E-state index in [0.717, 1.165) is 24.3 Å². The first-order valence-electron chi connectivity index (χ1n) is 9.66. The van der Waals surface area contributed by atoms with Crippen LogP contribution in [0, 0.1) is 13.8 Å². The van der Waals surface area contributed by atoms with Crippen molar-refractivity contribution in [3.8, 4) is 0 Å². The second kappa shape index (κ2) is 9.20. The molecule has 3 aromatic rings. The second-order valence-corrected chi connectivity index (χ2v) is 7.36. The number of nitrogens with zero attached hydrogens (tertiary/aromatic N) is 1. The molecule has 0 unspecified atom stereocenters. The number of nitrogens with one attached hydrogen (secondary N) is 2. The molecule has 0 saturated heterocycles. The fourth-order valence-electron chi connectivity index (χ4n) is 3.09. The SMILES string of the molecule is Cc1noc(C)c1CC(=O)Nc1cc(C(=O)Nc2cccc(C(F)(F)F)c2)cc(C(F)(F)F)c1. The van der Waals surface area contributed by atoms with Crippen molar-refractivity contribution >= 4 is 23.2 Å². The van der Waals surface area contributed by atoms with Gasteiger partial charge < -0.3 is 15.2 Å². The summed E-state index contributed by atoms with van der Waals surface area (Å²) in [6, 6.07) is 5.81. The van der Waals surface area contributed by atoms with Crippen molar-refractivity contribution in [1.29, 1.82) is 0 Å². The summed E-state index contributed by atoms with van der Waals surface area (Å²) in [6.07, 6.45) is -9.76. The van der Waals surface area contributed by atoms with E-state index in [9.17, 15) is 35.9 Å². The van der Waals surface area contributed by atoms with E-state index in [2.05, 4.69) is 15.8 Å². The third kappa shape index (κ3) is 5.94. The normalized spacial score (nSPS) is 11.9. The fraction of sp³-hybridized carbons (Fsp3) is 0.227. The van der Waals surface area contributed by atoms with Crippen molar-refractivity contribution in [2.45, 2.75) is 32.6 Å². The summed E-state index contributed by atoms with van der Waals surface area (Å²) in [5, 5.41) is 8.13. The molecule has 0 saturated carbocycles. The first-order chi connectivity index (χ1) is 15.7. The van der Waals surface area contributed by atoms with Crippen LogP contribution in [0.2, 0.25) is 0 Å². The lowest BCUT2D eigenvalue weighted by atomic mass is 10.1. The molecule has 2 aromatic carbocycles. The van der Waals surface area contributed by atoms with Gasteiger partial charge in [-0.15, -0.1) is 0 Å². The van der Waals surface area contributed by atoms with Gasteiger partial charge in [0.2, 0.25) is 5.91 Å². The van der Waals surface area contributed by atoms with E-state index < -0.39 is 40.9 Å². The molecule has 2 N–H and O–H groups in total. The van der Waals surface area contributed by atoms with Gasteiger partial charge in [0.05, 0.1) is 23.2 Å². The predicted molar refractivity (Wildman–Crippen MR) is 109 cm³/mol. The van der Waals surface area contributed by atoms with Crippen molar-refractivity contribution in [3.63, 3.8) is 0 Å². The average Bonchev–Trinajstić information content (AvgIpc) is 3.04. The van der Waals surface area contributed by atoms with Gasteiger partial charge in [-0.25, -0.2) is 0 Å². The van der Waals surface area contributed by atoms with E-state index in [1.165, 1.54) is 0 Å². The van der Waals surface area contributed by atoms with Crippen molar-refractivity contribution < 1.29 is 40.5 Å². The number of anilines is 2. The number of halogens is 6. The summed E-state index contributed by atoms with van der Waals surface area (Å²) >= 11 is 0. The molecule has 0 aliphatic carbocycles. The Balaban J connectivity index is 1.87. The average molecular weight is 485 g/mol. The van der Waals surface area contributed by atoms with E-state index in [1.807, 2.05) is 0 Å². The topological polar surface area (TPSA) is 84.2 Å². The summed E-state index contributed by atoms with van der Waals surface area (Å²) in [4.78, 5) is 24.9. The zero-order valence-corrected chi connectivity index (χ0v) is 17.7. The minimum absolute atomic E-state index is 0.233. The van der Waals surface area contributed by atoms with E-state index in [4.69, 9.17) is 4.52 Å². The molecule has 34 heavy (non-hydrogen) atoms. The molecule has 0 aliphatic heterocycles. The van der Waals surface area contributed by atoms with Crippen LogP contribution in [-0.2, 0) is 23.6 Å². The van der Waals surface area contributed by atoms with Crippen molar-refractivity contribution in [3.05, 3.63) is 76.2 Å². The van der Waals surface area contributed by atoms with Gasteiger partial charge in [-0.2, -0.15) is 26.3 Å². The molecule has 1 aromatic heterocycles. The molecule has 0 atom stereocenters. The monoisotopic (exact) mass is 485 g/mol. The van der Waals surface area contributed by atoms with Gasteiger partial charge in [0.1, 0.15) is 5.76 Å². The Morgan fingerprint density at radius 2 is 1.53 bits per heavy atom. The van der Waals surface area contributed by atoms with Gasteiger partial charge in [0.25, 0.3) is 5.91 Å². The quantitative estimate of drug-likeness (QED) is 0.450. The minimum Gasteiger partial charge on any atom is -0.361 e. The molecule has 0 radical (unpaired) electrons. The van der Waals surface area contributed by atoms with Crippen LogP contribution in [0.25, 0.3) is 0 Å². The van der Waals surface area contributed by atoms with E-state index in [-0.39, 0.29) is 17.8 Å². The largest absolute Gasteiger partial charge is 0.416 e. The number of aryl methyl sites for hydroxylation is 2. The van der Waals surface area contributed by atoms with Crippen molar-refractivity contribution in [1.82, 2.24) is 5.16 Å². The number of benzene rings is 2. The smallest absolute Gasteiger partial charge is 0.361 e. The molecule has 1 heterocycles. The minimum atomic E-state index is -4.85. The first kappa shape index (κ1) is 24.8. The Morgan fingerprint density at radius 3 is 2.12 bits per heavy atom.